The van der Waals surface area contributed by atoms with Gasteiger partial charge in [0.2, 0.25) is 0 Å². The van der Waals surface area contributed by atoms with E-state index in [9.17, 15) is 105 Å². The van der Waals surface area contributed by atoms with Crippen molar-refractivity contribution in [1.29, 1.82) is 0 Å². The maximum atomic E-state index is 14.0. The maximum Gasteiger partial charge on any atom is 0.385 e. The molecule has 0 aromatic heterocycles. The van der Waals surface area contributed by atoms with Crippen LogP contribution in [0.15, 0.2) is 0 Å². The van der Waals surface area contributed by atoms with E-state index in [2.05, 4.69) is 0 Å². The molecule has 0 spiro atoms. The number of hydrogen-bond acceptors (Lipinski definition) is 0. The monoisotopic (exact) mass is 702 g/mol. The fraction of sp³-hybridized carbons (Fsp3) is 1.00. The molecular formula is C18H16F24N+. The molecule has 0 saturated carbocycles. The number of hydrogen-bond donors (Lipinski definition) is 0. The van der Waals surface area contributed by atoms with E-state index in [1.807, 2.05) is 0 Å². The van der Waals surface area contributed by atoms with Crippen molar-refractivity contribution in [2.45, 2.75) is 84.9 Å². The molecule has 0 heterocycles. The lowest BCUT2D eigenvalue weighted by Crippen LogP contribution is -2.78. The highest BCUT2D eigenvalue weighted by Crippen LogP contribution is 2.67. The van der Waals surface area contributed by atoms with Gasteiger partial charge in [0.15, 0.2) is 0 Å². The van der Waals surface area contributed by atoms with Crippen LogP contribution >= 0.6 is 0 Å². The van der Waals surface area contributed by atoms with Gasteiger partial charge in [0.05, 0.1) is 20.6 Å². The summed E-state index contributed by atoms with van der Waals surface area (Å²) in [6, 6.07) is 0. The molecule has 0 unspecified atom stereocenters. The molecule has 0 aromatic carbocycles. The largest absolute Gasteiger partial charge is 0.385 e. The van der Waals surface area contributed by atoms with Crippen molar-refractivity contribution in [3.8, 4) is 0 Å². The fourth-order valence-electron chi connectivity index (χ4n) is 3.28. The summed E-state index contributed by atoms with van der Waals surface area (Å²) in [6.45, 7) is -2.30. The van der Waals surface area contributed by atoms with Crippen LogP contribution in [0.5, 0.6) is 0 Å². The van der Waals surface area contributed by atoms with Gasteiger partial charge in [-0.15, -0.1) is 0 Å². The Labute approximate surface area is 223 Å². The number of nitrogens with zero attached hydrogens (tertiary/aromatic N) is 1. The summed E-state index contributed by atoms with van der Waals surface area (Å²) in [4.78, 5) is 0. The summed E-state index contributed by atoms with van der Waals surface area (Å²) >= 11 is 0. The van der Waals surface area contributed by atoms with E-state index >= 15 is 0 Å². The second-order valence-corrected chi connectivity index (χ2v) is 9.62. The van der Waals surface area contributed by atoms with Crippen molar-refractivity contribution >= 4 is 0 Å². The Morgan fingerprint density at radius 2 is 0.651 bits per heavy atom. The summed E-state index contributed by atoms with van der Waals surface area (Å²) in [5, 5.41) is 0. The predicted octanol–water partition coefficient (Wildman–Crippen LogP) is 8.73. The molecule has 0 saturated heterocycles. The lowest BCUT2D eigenvalue weighted by Gasteiger charge is -2.46. The van der Waals surface area contributed by atoms with Crippen LogP contribution in [0.2, 0.25) is 0 Å². The van der Waals surface area contributed by atoms with E-state index in [1.165, 1.54) is 0 Å². The first kappa shape index (κ1) is 41.3. The third kappa shape index (κ3) is 5.43. The van der Waals surface area contributed by atoms with Crippen LogP contribution in [-0.2, 0) is 0 Å². The summed E-state index contributed by atoms with van der Waals surface area (Å²) in [7, 11) is 1.01. The number of halogens is 24. The molecule has 25 heteroatoms. The zero-order chi connectivity index (χ0) is 35.7. The zero-order valence-corrected chi connectivity index (χ0v) is 20.7. The smallest absolute Gasteiger partial charge is 0.323 e. The normalized spacial score (nSPS) is 16.7. The number of alkyl halides is 24. The molecular weight excluding hydrogens is 686 g/mol. The van der Waals surface area contributed by atoms with Crippen LogP contribution < -0.4 is 0 Å². The molecule has 0 amide bonds. The van der Waals surface area contributed by atoms with Crippen LogP contribution in [0.3, 0.4) is 0 Å². The van der Waals surface area contributed by atoms with Crippen LogP contribution in [0.4, 0.5) is 105 Å². The Bertz CT molecular complexity index is 979. The molecule has 0 atom stereocenters. The molecule has 0 aromatic rings. The Hall–Kier alpha value is -1.72. The third-order valence-electron chi connectivity index (χ3n) is 5.76. The van der Waals surface area contributed by atoms with Gasteiger partial charge in [-0.2, -0.15) is 96.6 Å². The van der Waals surface area contributed by atoms with Gasteiger partial charge in [0.25, 0.3) is 0 Å². The Morgan fingerprint density at radius 1 is 0.419 bits per heavy atom. The predicted molar refractivity (Wildman–Crippen MR) is 92.6 cm³/mol. The van der Waals surface area contributed by atoms with Gasteiger partial charge < -0.3 is 4.48 Å². The number of quaternary nitrogens is 1. The maximum absolute atomic E-state index is 14.0. The van der Waals surface area contributed by atoms with Crippen molar-refractivity contribution in [2.24, 2.45) is 0 Å². The molecule has 260 valence electrons. The zero-order valence-electron chi connectivity index (χ0n) is 20.7. The minimum absolute atomic E-state index is 0.262. The van der Waals surface area contributed by atoms with E-state index in [4.69, 9.17) is 0 Å². The van der Waals surface area contributed by atoms with Crippen molar-refractivity contribution in [2.75, 3.05) is 27.2 Å². The van der Waals surface area contributed by atoms with Crippen LogP contribution in [-0.4, -0.2) is 103 Å². The van der Waals surface area contributed by atoms with Crippen molar-refractivity contribution in [3.63, 3.8) is 0 Å². The molecule has 43 heavy (non-hydrogen) atoms. The summed E-state index contributed by atoms with van der Waals surface area (Å²) in [6.07, 6.45) is -6.51. The van der Waals surface area contributed by atoms with Crippen molar-refractivity contribution < 1.29 is 110 Å². The molecule has 0 bridgehead atoms. The first-order valence-electron chi connectivity index (χ1n) is 10.5. The van der Waals surface area contributed by atoms with Crippen molar-refractivity contribution in [1.82, 2.24) is 0 Å². The molecule has 0 N–H and O–H groups in total. The number of rotatable bonds is 15. The first-order valence-corrected chi connectivity index (χ1v) is 10.5. The Balaban J connectivity index is 7.25. The van der Waals surface area contributed by atoms with Crippen LogP contribution in [0.1, 0.15) is 13.3 Å². The van der Waals surface area contributed by atoms with Gasteiger partial charge in [-0.3, -0.25) is 0 Å². The summed E-state index contributed by atoms with van der Waals surface area (Å²) in [5.74, 6) is -95.8. The van der Waals surface area contributed by atoms with Gasteiger partial charge in [-0.1, -0.05) is 6.92 Å². The highest BCUT2D eigenvalue weighted by atomic mass is 19.4. The highest BCUT2D eigenvalue weighted by molar-refractivity contribution is 5.19. The second kappa shape index (κ2) is 10.7. The van der Waals surface area contributed by atoms with Crippen LogP contribution in [0, 0.1) is 0 Å². The second-order valence-electron chi connectivity index (χ2n) is 9.62. The molecule has 0 aliphatic heterocycles. The summed E-state index contributed by atoms with van der Waals surface area (Å²) in [5.41, 5.74) is 0. The quantitative estimate of drug-likeness (QED) is 0.118. The van der Waals surface area contributed by atoms with Gasteiger partial charge in [-0.25, -0.2) is 8.78 Å². The Morgan fingerprint density at radius 3 is 0.884 bits per heavy atom. The average molecular weight is 702 g/mol. The van der Waals surface area contributed by atoms with E-state index in [-0.39, 0.29) is 6.42 Å². The topological polar surface area (TPSA) is 0 Å². The van der Waals surface area contributed by atoms with Gasteiger partial charge >= 0.3 is 71.6 Å². The van der Waals surface area contributed by atoms with Gasteiger partial charge in [-0.05, 0) is 6.42 Å². The first-order chi connectivity index (χ1) is 18.2. The Kier molecular flexibility index (Phi) is 10.3. The van der Waals surface area contributed by atoms with Gasteiger partial charge in [0, 0.05) is 0 Å². The molecule has 1 nitrogen and oxygen atoms in total. The lowest BCUT2D eigenvalue weighted by molar-refractivity contribution is -0.899. The third-order valence-corrected chi connectivity index (χ3v) is 5.76. The SMILES string of the molecule is CCC[N+](C)(C)CC(F)(F)C(F)(F)C(F)(F)C(F)(F)C(F)(F)C(F)(F)C(F)(F)C(F)(F)C(F)(F)C(F)(F)C(F)(F)C(F)F. The van der Waals surface area contributed by atoms with E-state index in [0.717, 1.165) is 6.92 Å². The summed E-state index contributed by atoms with van der Waals surface area (Å²) < 4.78 is 323. The van der Waals surface area contributed by atoms with E-state index in [1.54, 1.807) is 0 Å². The molecule has 0 aliphatic carbocycles. The molecule has 0 rings (SSSR count). The van der Waals surface area contributed by atoms with Crippen LogP contribution in [0.25, 0.3) is 0 Å². The standard InChI is InChI=1S/C18H16F24N/c1-4-5-43(2,3)6-8(21,22)10(25,26)12(29,30)14(33,34)16(37,38)18(41,42)17(39,40)15(35,36)13(31,32)11(27,28)9(23,24)7(19)20/h7H,4-6H2,1-3H3/q+1. The molecule has 0 fully saturated rings. The minimum Gasteiger partial charge on any atom is -0.323 e. The van der Waals surface area contributed by atoms with Crippen molar-refractivity contribution in [3.05, 3.63) is 0 Å². The molecule has 0 aliphatic rings. The highest BCUT2D eigenvalue weighted by Gasteiger charge is 2.99. The van der Waals surface area contributed by atoms with E-state index in [0.29, 0.717) is 14.1 Å². The average Bonchev–Trinajstić information content (AvgIpc) is 2.76. The van der Waals surface area contributed by atoms with E-state index < -0.39 is 89.1 Å². The lowest BCUT2D eigenvalue weighted by atomic mass is 9.84. The van der Waals surface area contributed by atoms with Gasteiger partial charge in [0.1, 0.15) is 6.54 Å². The fourth-order valence-corrected chi connectivity index (χ4v) is 3.28. The molecule has 0 radical (unpaired) electrons. The minimum atomic E-state index is -9.45.